The Morgan fingerprint density at radius 1 is 1.35 bits per heavy atom. The zero-order valence-electron chi connectivity index (χ0n) is 11.3. The Bertz CT molecular complexity index is 651. The Hall–Kier alpha value is -2.21. The number of amides is 1. The number of carbonyl (C=O) groups excluding carboxylic acids is 1. The number of aromatic nitrogens is 2. The van der Waals surface area contributed by atoms with Crippen molar-refractivity contribution in [2.24, 2.45) is 0 Å². The topological polar surface area (TPSA) is 84.1 Å². The average molecular weight is 275 g/mol. The van der Waals surface area contributed by atoms with Gasteiger partial charge in [-0.15, -0.1) is 0 Å². The Kier molecular flexibility index (Phi) is 4.84. The molecule has 2 aromatic rings. The third-order valence-electron chi connectivity index (χ3n) is 2.87. The van der Waals surface area contributed by atoms with Crippen LogP contribution in [-0.2, 0) is 4.74 Å². The molecule has 0 bridgehead atoms. The molecule has 0 radical (unpaired) electrons. The fourth-order valence-electron chi connectivity index (χ4n) is 1.89. The van der Waals surface area contributed by atoms with Gasteiger partial charge < -0.3 is 10.1 Å². The van der Waals surface area contributed by atoms with E-state index in [2.05, 4.69) is 15.5 Å². The quantitative estimate of drug-likeness (QED) is 0.773. The lowest BCUT2D eigenvalue weighted by Crippen LogP contribution is -2.28. The Balaban J connectivity index is 2.11. The fraction of sp³-hybridized carbons (Fsp3) is 0.357. The van der Waals surface area contributed by atoms with Gasteiger partial charge in [-0.1, -0.05) is 18.2 Å². The van der Waals surface area contributed by atoms with Crippen LogP contribution < -0.4 is 10.9 Å². The van der Waals surface area contributed by atoms with Crippen LogP contribution in [-0.4, -0.2) is 35.9 Å². The molecule has 0 saturated carbocycles. The highest BCUT2D eigenvalue weighted by molar-refractivity contribution is 6.04. The molecule has 6 heteroatoms. The predicted molar refractivity (Wildman–Crippen MR) is 75.8 cm³/mol. The second-order valence-corrected chi connectivity index (χ2v) is 4.25. The van der Waals surface area contributed by atoms with Crippen molar-refractivity contribution in [3.8, 4) is 0 Å². The summed E-state index contributed by atoms with van der Waals surface area (Å²) in [5, 5.41) is 9.96. The smallest absolute Gasteiger partial charge is 0.272 e. The first-order chi connectivity index (χ1) is 9.74. The molecular weight excluding hydrogens is 258 g/mol. The molecule has 20 heavy (non-hydrogen) atoms. The van der Waals surface area contributed by atoms with E-state index in [0.29, 0.717) is 30.5 Å². The Morgan fingerprint density at radius 3 is 2.85 bits per heavy atom. The molecule has 1 amide bonds. The standard InChI is InChI=1S/C14H17N3O3/c1-2-20-9-5-8-15-14(19)12-10-6-3-4-7-11(10)13(18)17-16-12/h3-4,6-7H,2,5,8-9H2,1H3,(H,15,19)(H,17,18). The van der Waals surface area contributed by atoms with Crippen LogP contribution >= 0.6 is 0 Å². The van der Waals surface area contributed by atoms with E-state index in [4.69, 9.17) is 4.74 Å². The molecule has 0 unspecified atom stereocenters. The molecule has 1 aromatic heterocycles. The molecule has 1 heterocycles. The van der Waals surface area contributed by atoms with E-state index in [9.17, 15) is 9.59 Å². The molecular formula is C14H17N3O3. The molecule has 0 aliphatic carbocycles. The van der Waals surface area contributed by atoms with Crippen LogP contribution in [0.5, 0.6) is 0 Å². The fourth-order valence-corrected chi connectivity index (χ4v) is 1.89. The van der Waals surface area contributed by atoms with Crippen LogP contribution in [0, 0.1) is 0 Å². The van der Waals surface area contributed by atoms with Gasteiger partial charge in [0.2, 0.25) is 0 Å². The Morgan fingerprint density at radius 2 is 2.10 bits per heavy atom. The zero-order chi connectivity index (χ0) is 14.4. The summed E-state index contributed by atoms with van der Waals surface area (Å²) in [5.41, 5.74) is -0.0647. The van der Waals surface area contributed by atoms with E-state index in [1.54, 1.807) is 24.3 Å². The van der Waals surface area contributed by atoms with Crippen LogP contribution in [0.15, 0.2) is 29.1 Å². The molecule has 0 aliphatic heterocycles. The van der Waals surface area contributed by atoms with Crippen LogP contribution in [0.4, 0.5) is 0 Å². The Labute approximate surface area is 116 Å². The van der Waals surface area contributed by atoms with Gasteiger partial charge in [0, 0.05) is 25.1 Å². The predicted octanol–water partition coefficient (Wildman–Crippen LogP) is 1.08. The summed E-state index contributed by atoms with van der Waals surface area (Å²) in [7, 11) is 0. The monoisotopic (exact) mass is 275 g/mol. The van der Waals surface area contributed by atoms with Crippen LogP contribution in [0.3, 0.4) is 0 Å². The molecule has 1 aromatic carbocycles. The van der Waals surface area contributed by atoms with E-state index in [1.807, 2.05) is 6.92 Å². The molecule has 2 rings (SSSR count). The molecule has 0 fully saturated rings. The highest BCUT2D eigenvalue weighted by atomic mass is 16.5. The van der Waals surface area contributed by atoms with E-state index in [1.165, 1.54) is 0 Å². The molecule has 0 saturated heterocycles. The third-order valence-corrected chi connectivity index (χ3v) is 2.87. The van der Waals surface area contributed by atoms with E-state index < -0.39 is 0 Å². The number of carbonyl (C=O) groups is 1. The largest absolute Gasteiger partial charge is 0.382 e. The summed E-state index contributed by atoms with van der Waals surface area (Å²) in [6.07, 6.45) is 0.737. The van der Waals surface area contributed by atoms with Crippen molar-refractivity contribution in [3.63, 3.8) is 0 Å². The molecule has 0 atom stereocenters. The van der Waals surface area contributed by atoms with Gasteiger partial charge >= 0.3 is 0 Å². The maximum absolute atomic E-state index is 12.1. The van der Waals surface area contributed by atoms with Crippen molar-refractivity contribution in [1.29, 1.82) is 0 Å². The number of H-pyrrole nitrogens is 1. The molecule has 0 aliphatic rings. The number of ether oxygens (including phenoxy) is 1. The third kappa shape index (κ3) is 3.21. The minimum absolute atomic E-state index is 0.233. The van der Waals surface area contributed by atoms with E-state index >= 15 is 0 Å². The van der Waals surface area contributed by atoms with Gasteiger partial charge in [-0.25, -0.2) is 5.10 Å². The second-order valence-electron chi connectivity index (χ2n) is 4.25. The summed E-state index contributed by atoms with van der Waals surface area (Å²) in [6.45, 7) is 3.71. The van der Waals surface area contributed by atoms with Crippen molar-refractivity contribution in [3.05, 3.63) is 40.3 Å². The van der Waals surface area contributed by atoms with Crippen molar-refractivity contribution in [1.82, 2.24) is 15.5 Å². The number of benzene rings is 1. The lowest BCUT2D eigenvalue weighted by Gasteiger charge is -2.06. The minimum atomic E-state index is -0.298. The maximum atomic E-state index is 12.1. The van der Waals surface area contributed by atoms with Gasteiger partial charge in [0.1, 0.15) is 0 Å². The number of fused-ring (bicyclic) bond motifs is 1. The molecule has 0 spiro atoms. The van der Waals surface area contributed by atoms with Crippen molar-refractivity contribution in [2.75, 3.05) is 19.8 Å². The summed E-state index contributed by atoms with van der Waals surface area (Å²) >= 11 is 0. The SMILES string of the molecule is CCOCCCNC(=O)c1n[nH]c(=O)c2ccccc12. The summed E-state index contributed by atoms with van der Waals surface area (Å²) in [6, 6.07) is 6.91. The van der Waals surface area contributed by atoms with Gasteiger partial charge in [0.15, 0.2) is 5.69 Å². The normalized spacial score (nSPS) is 10.7. The summed E-state index contributed by atoms with van der Waals surface area (Å²) in [5.74, 6) is -0.297. The van der Waals surface area contributed by atoms with Gasteiger partial charge in [-0.3, -0.25) is 9.59 Å². The van der Waals surface area contributed by atoms with Crippen LogP contribution in [0.1, 0.15) is 23.8 Å². The minimum Gasteiger partial charge on any atom is -0.382 e. The van der Waals surface area contributed by atoms with Gasteiger partial charge in [-0.2, -0.15) is 5.10 Å². The van der Waals surface area contributed by atoms with Crippen LogP contribution in [0.2, 0.25) is 0 Å². The number of rotatable bonds is 6. The maximum Gasteiger partial charge on any atom is 0.272 e. The van der Waals surface area contributed by atoms with E-state index in [-0.39, 0.29) is 17.2 Å². The van der Waals surface area contributed by atoms with Crippen LogP contribution in [0.25, 0.3) is 10.8 Å². The number of nitrogens with one attached hydrogen (secondary N) is 2. The number of aromatic amines is 1. The van der Waals surface area contributed by atoms with Gasteiger partial charge in [0.25, 0.3) is 11.5 Å². The number of hydrogen-bond acceptors (Lipinski definition) is 4. The summed E-state index contributed by atoms with van der Waals surface area (Å²) < 4.78 is 5.19. The molecule has 2 N–H and O–H groups in total. The lowest BCUT2D eigenvalue weighted by molar-refractivity contribution is 0.0940. The second kappa shape index (κ2) is 6.81. The number of nitrogens with zero attached hydrogens (tertiary/aromatic N) is 1. The summed E-state index contributed by atoms with van der Waals surface area (Å²) in [4.78, 5) is 23.7. The van der Waals surface area contributed by atoms with Crippen molar-refractivity contribution in [2.45, 2.75) is 13.3 Å². The van der Waals surface area contributed by atoms with Gasteiger partial charge in [0.05, 0.1) is 5.39 Å². The highest BCUT2D eigenvalue weighted by Gasteiger charge is 2.12. The average Bonchev–Trinajstić information content (AvgIpc) is 2.47. The van der Waals surface area contributed by atoms with Crippen molar-refractivity contribution < 1.29 is 9.53 Å². The number of hydrogen-bond donors (Lipinski definition) is 2. The highest BCUT2D eigenvalue weighted by Crippen LogP contribution is 2.11. The molecule has 106 valence electrons. The first-order valence-corrected chi connectivity index (χ1v) is 6.57. The van der Waals surface area contributed by atoms with Crippen molar-refractivity contribution >= 4 is 16.7 Å². The lowest BCUT2D eigenvalue weighted by atomic mass is 10.1. The molecule has 6 nitrogen and oxygen atoms in total. The first-order valence-electron chi connectivity index (χ1n) is 6.57. The first kappa shape index (κ1) is 14.2. The zero-order valence-corrected chi connectivity index (χ0v) is 11.3. The van der Waals surface area contributed by atoms with Gasteiger partial charge in [-0.05, 0) is 19.4 Å². The van der Waals surface area contributed by atoms with E-state index in [0.717, 1.165) is 6.42 Å².